The molecule has 0 unspecified atom stereocenters. The molecule has 2 N–H and O–H groups in total. The molecule has 1 aromatic heterocycles. The summed E-state index contributed by atoms with van der Waals surface area (Å²) in [6, 6.07) is 9.88. The van der Waals surface area contributed by atoms with Gasteiger partial charge in [0.05, 0.1) is 21.1 Å². The number of thiophene rings is 1. The standard InChI is InChI=1S/C15H13Cl2NO4S/c16-12-6-10(14(17)23-12)11(7-13(19)20)18-15(21)22-8-9-4-2-1-3-5-9/h1-6,11H,7-8H2,(H,18,21)(H,19,20)/t11-/m1/s1. The fourth-order valence-electron chi connectivity index (χ4n) is 1.91. The highest BCUT2D eigenvalue weighted by Gasteiger charge is 2.23. The molecule has 0 aliphatic heterocycles. The molecule has 0 fully saturated rings. The maximum absolute atomic E-state index is 11.9. The first kappa shape index (κ1) is 17.6. The molecule has 0 aliphatic rings. The predicted molar refractivity (Wildman–Crippen MR) is 89.1 cm³/mol. The molecule has 0 aliphatic carbocycles. The molecule has 8 heteroatoms. The van der Waals surface area contributed by atoms with Crippen LogP contribution < -0.4 is 5.32 Å². The van der Waals surface area contributed by atoms with Gasteiger partial charge < -0.3 is 15.2 Å². The van der Waals surface area contributed by atoms with Gasteiger partial charge in [-0.15, -0.1) is 11.3 Å². The molecule has 2 aromatic rings. The van der Waals surface area contributed by atoms with Crippen LogP contribution in [0.5, 0.6) is 0 Å². The number of carboxylic acid groups (broad SMARTS) is 1. The predicted octanol–water partition coefficient (Wildman–Crippen LogP) is 4.50. The Kier molecular flexibility index (Phi) is 6.27. The number of nitrogens with one attached hydrogen (secondary N) is 1. The molecule has 0 saturated heterocycles. The molecule has 0 saturated carbocycles. The summed E-state index contributed by atoms with van der Waals surface area (Å²) in [6.45, 7) is 0.0879. The number of hydrogen-bond donors (Lipinski definition) is 2. The number of ether oxygens (including phenoxy) is 1. The molecule has 0 bridgehead atoms. The van der Waals surface area contributed by atoms with E-state index in [1.807, 2.05) is 30.3 Å². The van der Waals surface area contributed by atoms with Crippen LogP contribution in [-0.2, 0) is 16.1 Å². The number of rotatable bonds is 6. The van der Waals surface area contributed by atoms with Crippen LogP contribution in [0.3, 0.4) is 0 Å². The molecule has 1 amide bonds. The maximum Gasteiger partial charge on any atom is 0.407 e. The Bertz CT molecular complexity index is 690. The SMILES string of the molecule is O=C(O)C[C@@H](NC(=O)OCc1ccccc1)c1cc(Cl)sc1Cl. The van der Waals surface area contributed by atoms with Gasteiger partial charge in [-0.25, -0.2) is 4.79 Å². The number of benzene rings is 1. The molecule has 5 nitrogen and oxygen atoms in total. The van der Waals surface area contributed by atoms with Crippen molar-refractivity contribution in [3.8, 4) is 0 Å². The second kappa shape index (κ2) is 8.19. The van der Waals surface area contributed by atoms with Gasteiger partial charge in [0.2, 0.25) is 0 Å². The fourth-order valence-corrected chi connectivity index (χ4v) is 3.49. The number of amides is 1. The highest BCUT2D eigenvalue weighted by Crippen LogP contribution is 2.36. The zero-order chi connectivity index (χ0) is 16.8. The van der Waals surface area contributed by atoms with E-state index >= 15 is 0 Å². The van der Waals surface area contributed by atoms with Gasteiger partial charge >= 0.3 is 12.1 Å². The Morgan fingerprint density at radius 2 is 1.96 bits per heavy atom. The number of hydrogen-bond acceptors (Lipinski definition) is 4. The van der Waals surface area contributed by atoms with Crippen molar-refractivity contribution in [2.75, 3.05) is 0 Å². The van der Waals surface area contributed by atoms with Crippen molar-refractivity contribution in [3.63, 3.8) is 0 Å². The quantitative estimate of drug-likeness (QED) is 0.781. The van der Waals surface area contributed by atoms with Gasteiger partial charge in [0.1, 0.15) is 6.61 Å². The third-order valence-electron chi connectivity index (χ3n) is 2.94. The molecule has 1 heterocycles. The van der Waals surface area contributed by atoms with Gasteiger partial charge in [0.25, 0.3) is 0 Å². The minimum Gasteiger partial charge on any atom is -0.481 e. The number of halogens is 2. The van der Waals surface area contributed by atoms with Gasteiger partial charge in [-0.05, 0) is 11.6 Å². The van der Waals surface area contributed by atoms with Crippen LogP contribution in [0.4, 0.5) is 4.79 Å². The Labute approximate surface area is 146 Å². The molecule has 0 spiro atoms. The number of carbonyl (C=O) groups excluding carboxylic acids is 1. The molecule has 0 radical (unpaired) electrons. The Balaban J connectivity index is 2.01. The number of carboxylic acids is 1. The van der Waals surface area contributed by atoms with Crippen LogP contribution >= 0.6 is 34.5 Å². The van der Waals surface area contributed by atoms with Gasteiger partial charge in [0.15, 0.2) is 0 Å². The number of carbonyl (C=O) groups is 2. The molecular weight excluding hydrogens is 361 g/mol. The van der Waals surface area contributed by atoms with Crippen molar-refractivity contribution in [1.82, 2.24) is 5.32 Å². The van der Waals surface area contributed by atoms with Crippen LogP contribution in [0.25, 0.3) is 0 Å². The van der Waals surface area contributed by atoms with E-state index in [0.717, 1.165) is 16.9 Å². The van der Waals surface area contributed by atoms with Crippen molar-refractivity contribution in [1.29, 1.82) is 0 Å². The van der Waals surface area contributed by atoms with E-state index in [1.54, 1.807) is 6.07 Å². The summed E-state index contributed by atoms with van der Waals surface area (Å²) in [6.07, 6.45) is -1.05. The largest absolute Gasteiger partial charge is 0.481 e. The first-order chi connectivity index (χ1) is 11.0. The van der Waals surface area contributed by atoms with Crippen molar-refractivity contribution in [2.45, 2.75) is 19.1 Å². The van der Waals surface area contributed by atoms with Crippen molar-refractivity contribution in [3.05, 3.63) is 56.2 Å². The summed E-state index contributed by atoms with van der Waals surface area (Å²) in [5, 5.41) is 11.5. The van der Waals surface area contributed by atoms with Crippen LogP contribution in [0.2, 0.25) is 8.67 Å². The van der Waals surface area contributed by atoms with E-state index in [0.29, 0.717) is 14.2 Å². The smallest absolute Gasteiger partial charge is 0.407 e. The monoisotopic (exact) mass is 373 g/mol. The van der Waals surface area contributed by atoms with Gasteiger partial charge in [-0.2, -0.15) is 0 Å². The average Bonchev–Trinajstić information content (AvgIpc) is 2.84. The van der Waals surface area contributed by atoms with Gasteiger partial charge in [0, 0.05) is 5.56 Å². The number of alkyl carbamates (subject to hydrolysis) is 1. The fraction of sp³-hybridized carbons (Fsp3) is 0.200. The lowest BCUT2D eigenvalue weighted by molar-refractivity contribution is -0.137. The summed E-state index contributed by atoms with van der Waals surface area (Å²) < 4.78 is 5.85. The Morgan fingerprint density at radius 1 is 1.26 bits per heavy atom. The molecule has 1 aromatic carbocycles. The van der Waals surface area contributed by atoms with E-state index in [2.05, 4.69) is 5.32 Å². The summed E-state index contributed by atoms with van der Waals surface area (Å²) in [5.41, 5.74) is 1.29. The minimum atomic E-state index is -1.07. The maximum atomic E-state index is 11.9. The lowest BCUT2D eigenvalue weighted by atomic mass is 10.1. The van der Waals surface area contributed by atoms with Crippen LogP contribution in [0, 0.1) is 0 Å². The van der Waals surface area contributed by atoms with Crippen LogP contribution in [0.15, 0.2) is 36.4 Å². The highest BCUT2D eigenvalue weighted by molar-refractivity contribution is 7.20. The van der Waals surface area contributed by atoms with Gasteiger partial charge in [-0.1, -0.05) is 53.5 Å². The zero-order valence-corrected chi connectivity index (χ0v) is 14.1. The lowest BCUT2D eigenvalue weighted by Crippen LogP contribution is -2.30. The second-order valence-electron chi connectivity index (χ2n) is 4.64. The van der Waals surface area contributed by atoms with Crippen LogP contribution in [0.1, 0.15) is 23.6 Å². The first-order valence-electron chi connectivity index (χ1n) is 6.59. The molecular formula is C15H13Cl2NO4S. The van der Waals surface area contributed by atoms with E-state index in [-0.39, 0.29) is 13.0 Å². The summed E-state index contributed by atoms with van der Waals surface area (Å²) in [4.78, 5) is 22.9. The van der Waals surface area contributed by atoms with Crippen molar-refractivity contribution in [2.24, 2.45) is 0 Å². The van der Waals surface area contributed by atoms with Gasteiger partial charge in [-0.3, -0.25) is 4.79 Å². The molecule has 2 rings (SSSR count). The normalized spacial score (nSPS) is 11.7. The van der Waals surface area contributed by atoms with Crippen molar-refractivity contribution < 1.29 is 19.4 Å². The van der Waals surface area contributed by atoms with Crippen molar-refractivity contribution >= 4 is 46.6 Å². The average molecular weight is 374 g/mol. The van der Waals surface area contributed by atoms with E-state index < -0.39 is 18.1 Å². The highest BCUT2D eigenvalue weighted by atomic mass is 35.5. The summed E-state index contributed by atoms with van der Waals surface area (Å²) in [5.74, 6) is -1.07. The molecule has 122 valence electrons. The molecule has 23 heavy (non-hydrogen) atoms. The third kappa shape index (κ3) is 5.42. The molecule has 1 atom stereocenters. The van der Waals surface area contributed by atoms with E-state index in [9.17, 15) is 9.59 Å². The topological polar surface area (TPSA) is 75.6 Å². The first-order valence-corrected chi connectivity index (χ1v) is 8.16. The summed E-state index contributed by atoms with van der Waals surface area (Å²) >= 11 is 13.0. The van der Waals surface area contributed by atoms with E-state index in [1.165, 1.54) is 0 Å². The second-order valence-corrected chi connectivity index (χ2v) is 6.92. The Morgan fingerprint density at radius 3 is 2.52 bits per heavy atom. The third-order valence-corrected chi connectivity index (χ3v) is 4.46. The van der Waals surface area contributed by atoms with Crippen LogP contribution in [-0.4, -0.2) is 17.2 Å². The minimum absolute atomic E-state index is 0.0879. The lowest BCUT2D eigenvalue weighted by Gasteiger charge is -2.16. The van der Waals surface area contributed by atoms with E-state index in [4.69, 9.17) is 33.0 Å². The summed E-state index contributed by atoms with van der Waals surface area (Å²) in [7, 11) is 0. The Hall–Kier alpha value is -1.76. The zero-order valence-electron chi connectivity index (χ0n) is 11.8. The number of aliphatic carboxylic acids is 1.